The molecule has 0 unspecified atom stereocenters. The number of Topliss-reactive ketones (excluding diaryl/α,β-unsaturated/α-hetero) is 1. The minimum Gasteiger partial charge on any atom is -0.341 e. The second-order valence-corrected chi connectivity index (χ2v) is 1.44. The minimum atomic E-state index is 0.234. The fourth-order valence-electron chi connectivity index (χ4n) is 0.407. The maximum absolute atomic E-state index is 9.99. The van der Waals surface area contributed by atoms with Gasteiger partial charge in [-0.15, -0.1) is 0 Å². The van der Waals surface area contributed by atoms with Crippen LogP contribution in [0.15, 0.2) is 0 Å². The molecule has 1 saturated heterocycles. The fourth-order valence-corrected chi connectivity index (χ4v) is 0.407. The van der Waals surface area contributed by atoms with Crippen molar-refractivity contribution < 1.29 is 4.79 Å². The van der Waals surface area contributed by atoms with Crippen molar-refractivity contribution in [2.45, 2.75) is 0 Å². The molecule has 1 heterocycles. The van der Waals surface area contributed by atoms with Crippen LogP contribution in [0.2, 0.25) is 0 Å². The molecule has 1 aliphatic rings. The predicted octanol–water partition coefficient (Wildman–Crippen LogP) is -1.05. The van der Waals surface area contributed by atoms with Gasteiger partial charge >= 0.3 is 0 Å². The molecule has 6 heavy (non-hydrogen) atoms. The molecule has 3 heteroatoms. The van der Waals surface area contributed by atoms with E-state index in [0.29, 0.717) is 13.1 Å². The molecular weight excluding hydrogens is 76.9 g/mol. The van der Waals surface area contributed by atoms with Gasteiger partial charge in [0.15, 0.2) is 13.8 Å². The molecule has 0 atom stereocenters. The Morgan fingerprint density at radius 3 is 2.17 bits per heavy atom. The van der Waals surface area contributed by atoms with E-state index in [1.165, 1.54) is 4.81 Å². The highest BCUT2D eigenvalue weighted by Crippen LogP contribution is 1.93. The Balaban J connectivity index is 2.28. The molecule has 0 spiro atoms. The van der Waals surface area contributed by atoms with E-state index in [9.17, 15) is 4.79 Å². The Morgan fingerprint density at radius 2 is 2.17 bits per heavy atom. The third-order valence-electron chi connectivity index (χ3n) is 0.759. The molecule has 30 valence electrons. The highest BCUT2D eigenvalue weighted by Gasteiger charge is 2.16. The first kappa shape index (κ1) is 3.87. The summed E-state index contributed by atoms with van der Waals surface area (Å²) < 4.78 is 0. The van der Waals surface area contributed by atoms with Gasteiger partial charge in [-0.3, -0.25) is 4.79 Å². The molecule has 1 rings (SSSR count). The average molecular weight is 80.9 g/mol. The maximum Gasteiger partial charge on any atom is 0.183 e. The predicted molar refractivity (Wildman–Crippen MR) is 22.3 cm³/mol. The first-order chi connectivity index (χ1) is 2.79. The summed E-state index contributed by atoms with van der Waals surface area (Å²) in [5.41, 5.74) is 0. The van der Waals surface area contributed by atoms with E-state index in [0.717, 1.165) is 0 Å². The number of ketones is 1. The Morgan fingerprint density at radius 1 is 1.67 bits per heavy atom. The van der Waals surface area contributed by atoms with E-state index in [-0.39, 0.29) is 5.78 Å². The molecule has 0 aliphatic carbocycles. The molecule has 0 amide bonds. The molecule has 0 saturated carbocycles. The second kappa shape index (κ2) is 1.08. The van der Waals surface area contributed by atoms with Crippen LogP contribution in [0.1, 0.15) is 0 Å². The zero-order valence-electron chi connectivity index (χ0n) is 3.35. The molecule has 0 aromatic carbocycles. The maximum atomic E-state index is 9.99. The molecule has 2 nitrogen and oxygen atoms in total. The van der Waals surface area contributed by atoms with E-state index < -0.39 is 0 Å². The normalized spacial score (nSPS) is 23.7. The third kappa shape index (κ3) is 0.453. The van der Waals surface area contributed by atoms with Gasteiger partial charge in [-0.1, -0.05) is 0 Å². The monoisotopic (exact) mass is 81.0 g/mol. The van der Waals surface area contributed by atoms with E-state index in [1.54, 1.807) is 0 Å². The number of carbonyl (C=O) groups is 1. The van der Waals surface area contributed by atoms with Gasteiger partial charge in [-0.2, -0.15) is 0 Å². The van der Waals surface area contributed by atoms with Crippen LogP contribution in [-0.4, -0.2) is 31.7 Å². The van der Waals surface area contributed by atoms with Crippen molar-refractivity contribution in [1.29, 1.82) is 0 Å². The lowest BCUT2D eigenvalue weighted by atomic mass is 10.1. The lowest BCUT2D eigenvalue weighted by Gasteiger charge is -2.24. The van der Waals surface area contributed by atoms with E-state index >= 15 is 0 Å². The molecule has 0 bridgehead atoms. The Bertz CT molecular complexity index is 74.9. The van der Waals surface area contributed by atoms with Crippen LogP contribution >= 0.6 is 0 Å². The lowest BCUT2D eigenvalue weighted by Crippen LogP contribution is -2.44. The SMILES string of the molecule is [B]N1CC(=O)C1. The van der Waals surface area contributed by atoms with Crippen LogP contribution in [0.4, 0.5) is 0 Å². The smallest absolute Gasteiger partial charge is 0.183 e. The van der Waals surface area contributed by atoms with Crippen LogP contribution in [0, 0.1) is 0 Å². The van der Waals surface area contributed by atoms with Crippen molar-refractivity contribution in [2.24, 2.45) is 0 Å². The lowest BCUT2D eigenvalue weighted by molar-refractivity contribution is -0.125. The van der Waals surface area contributed by atoms with Gasteiger partial charge in [-0.05, 0) is 0 Å². The Labute approximate surface area is 37.6 Å². The molecule has 2 radical (unpaired) electrons. The van der Waals surface area contributed by atoms with Crippen molar-refractivity contribution in [1.82, 2.24) is 4.81 Å². The van der Waals surface area contributed by atoms with Gasteiger partial charge in [0.05, 0.1) is 0 Å². The van der Waals surface area contributed by atoms with E-state index in [1.807, 2.05) is 0 Å². The van der Waals surface area contributed by atoms with Crippen molar-refractivity contribution in [3.8, 4) is 0 Å². The molecule has 1 aliphatic heterocycles. The first-order valence-electron chi connectivity index (χ1n) is 1.80. The molecular formula is C3H4BNO. The van der Waals surface area contributed by atoms with E-state index in [2.05, 4.69) is 0 Å². The summed E-state index contributed by atoms with van der Waals surface area (Å²) >= 11 is 0. The summed E-state index contributed by atoms with van der Waals surface area (Å²) in [4.78, 5) is 11.5. The molecule has 0 aromatic heterocycles. The Kier molecular flexibility index (Phi) is 0.698. The molecule has 0 N–H and O–H groups in total. The molecule has 0 aromatic rings. The number of carbonyl (C=O) groups excluding carboxylic acids is 1. The fraction of sp³-hybridized carbons (Fsp3) is 0.667. The first-order valence-corrected chi connectivity index (χ1v) is 1.80. The van der Waals surface area contributed by atoms with Gasteiger partial charge < -0.3 is 4.81 Å². The number of hydrogen-bond donors (Lipinski definition) is 0. The van der Waals surface area contributed by atoms with Gasteiger partial charge in [0.1, 0.15) is 0 Å². The summed E-state index contributed by atoms with van der Waals surface area (Å²) in [6.07, 6.45) is 0. The van der Waals surface area contributed by atoms with Crippen LogP contribution < -0.4 is 0 Å². The molecule has 1 fully saturated rings. The van der Waals surface area contributed by atoms with Crippen molar-refractivity contribution >= 4 is 13.8 Å². The third-order valence-corrected chi connectivity index (χ3v) is 0.759. The van der Waals surface area contributed by atoms with Gasteiger partial charge in [0.25, 0.3) is 0 Å². The van der Waals surface area contributed by atoms with E-state index in [4.69, 9.17) is 7.98 Å². The quantitative estimate of drug-likeness (QED) is 0.347. The standard InChI is InChI=1S/C3H4BNO/c4-5-1-3(6)2-5/h1-2H2. The average Bonchev–Trinajstić information content (AvgIpc) is 1.33. The number of nitrogens with zero attached hydrogens (tertiary/aromatic N) is 1. The summed E-state index contributed by atoms with van der Waals surface area (Å²) in [7, 11) is 5.08. The van der Waals surface area contributed by atoms with Crippen LogP contribution in [0.3, 0.4) is 0 Å². The van der Waals surface area contributed by atoms with Crippen molar-refractivity contribution in [2.75, 3.05) is 13.1 Å². The Hall–Kier alpha value is -0.305. The highest BCUT2D eigenvalue weighted by atomic mass is 16.1. The van der Waals surface area contributed by atoms with Crippen LogP contribution in [-0.2, 0) is 4.79 Å². The van der Waals surface area contributed by atoms with Gasteiger partial charge in [0, 0.05) is 13.1 Å². The number of hydrogen-bond acceptors (Lipinski definition) is 2. The summed E-state index contributed by atoms with van der Waals surface area (Å²) in [6, 6.07) is 0. The minimum absolute atomic E-state index is 0.234. The number of rotatable bonds is 0. The summed E-state index contributed by atoms with van der Waals surface area (Å²) in [5.74, 6) is 0.234. The van der Waals surface area contributed by atoms with Gasteiger partial charge in [0.2, 0.25) is 0 Å². The zero-order chi connectivity index (χ0) is 4.57. The second-order valence-electron chi connectivity index (χ2n) is 1.44. The van der Waals surface area contributed by atoms with Gasteiger partial charge in [-0.25, -0.2) is 0 Å². The van der Waals surface area contributed by atoms with Crippen molar-refractivity contribution in [3.63, 3.8) is 0 Å². The van der Waals surface area contributed by atoms with Crippen LogP contribution in [0.5, 0.6) is 0 Å². The largest absolute Gasteiger partial charge is 0.341 e. The highest BCUT2D eigenvalue weighted by molar-refractivity contribution is 6.11. The zero-order valence-corrected chi connectivity index (χ0v) is 3.35. The van der Waals surface area contributed by atoms with Crippen molar-refractivity contribution in [3.05, 3.63) is 0 Å². The summed E-state index contributed by atoms with van der Waals surface area (Å²) in [5, 5.41) is 0. The van der Waals surface area contributed by atoms with Crippen LogP contribution in [0.25, 0.3) is 0 Å². The summed E-state index contributed by atoms with van der Waals surface area (Å²) in [6.45, 7) is 0.889. The topological polar surface area (TPSA) is 20.3 Å².